The molecule has 1 rings (SSSR count). The van der Waals surface area contributed by atoms with Crippen molar-refractivity contribution in [1.82, 2.24) is 0 Å². The van der Waals surface area contributed by atoms with Crippen LogP contribution in [0.15, 0.2) is 0 Å². The highest BCUT2D eigenvalue weighted by molar-refractivity contribution is 7.89. The van der Waals surface area contributed by atoms with Gasteiger partial charge in [0.15, 0.2) is 0 Å². The zero-order valence-corrected chi connectivity index (χ0v) is 7.03. The third kappa shape index (κ3) is 32.3. The average Bonchev–Trinajstić information content (AvgIpc) is 2.13. The van der Waals surface area contributed by atoms with Gasteiger partial charge in [0.05, 0.1) is 0 Å². The van der Waals surface area contributed by atoms with Gasteiger partial charge in [0.2, 0.25) is 0 Å². The van der Waals surface area contributed by atoms with Gasteiger partial charge in [-0.05, 0) is 5.92 Å². The molecule has 0 aromatic carbocycles. The summed E-state index contributed by atoms with van der Waals surface area (Å²) in [6.07, 6.45) is 5.29. The summed E-state index contributed by atoms with van der Waals surface area (Å²) in [6.45, 7) is 2.28. The molecule has 1 aliphatic carbocycles. The van der Waals surface area contributed by atoms with Gasteiger partial charge >= 0.3 is 0 Å². The molecule has 1 fully saturated rings. The minimum Gasteiger partial charge on any atom is -0.229 e. The lowest BCUT2D eigenvalue weighted by Gasteiger charge is -1.69. The second-order valence-corrected chi connectivity index (χ2v) is 5.11. The van der Waals surface area contributed by atoms with Crippen molar-refractivity contribution in [3.63, 3.8) is 0 Å². The normalized spacial score (nSPS) is 18.1. The summed E-state index contributed by atoms with van der Waals surface area (Å²) >= 11 is 0. The highest BCUT2D eigenvalue weighted by Gasteiger charge is 2.12. The molecule has 0 atom stereocenters. The van der Waals surface area contributed by atoms with E-state index in [-0.39, 0.29) is 0 Å². The SMILES string of the molecule is CC1CC1.CS(C)(=O)=O. The second-order valence-electron chi connectivity index (χ2n) is 2.83. The van der Waals surface area contributed by atoms with Gasteiger partial charge in [-0.1, -0.05) is 19.8 Å². The minimum absolute atomic E-state index is 1.08. The van der Waals surface area contributed by atoms with Gasteiger partial charge in [-0.3, -0.25) is 0 Å². The van der Waals surface area contributed by atoms with Crippen molar-refractivity contribution < 1.29 is 8.42 Å². The molecule has 9 heavy (non-hydrogen) atoms. The van der Waals surface area contributed by atoms with Crippen LogP contribution in [0.1, 0.15) is 19.8 Å². The van der Waals surface area contributed by atoms with Crippen molar-refractivity contribution in [3.8, 4) is 0 Å². The van der Waals surface area contributed by atoms with Crippen LogP contribution in [0, 0.1) is 5.92 Å². The van der Waals surface area contributed by atoms with Gasteiger partial charge in [-0.2, -0.15) is 0 Å². The van der Waals surface area contributed by atoms with Gasteiger partial charge in [0, 0.05) is 12.5 Å². The molecule has 1 aliphatic rings. The number of sulfone groups is 1. The van der Waals surface area contributed by atoms with E-state index in [2.05, 4.69) is 6.92 Å². The molecule has 3 heteroatoms. The van der Waals surface area contributed by atoms with Crippen LogP contribution in [0.2, 0.25) is 0 Å². The van der Waals surface area contributed by atoms with Gasteiger partial charge in [0.25, 0.3) is 0 Å². The number of hydrogen-bond acceptors (Lipinski definition) is 2. The van der Waals surface area contributed by atoms with Crippen LogP contribution in [-0.2, 0) is 9.84 Å². The summed E-state index contributed by atoms with van der Waals surface area (Å²) in [6, 6.07) is 0. The third-order valence-electron chi connectivity index (χ3n) is 0.866. The van der Waals surface area contributed by atoms with Crippen molar-refractivity contribution >= 4 is 9.84 Å². The van der Waals surface area contributed by atoms with Crippen LogP contribution in [0.25, 0.3) is 0 Å². The Morgan fingerprint density at radius 3 is 1.33 bits per heavy atom. The standard InChI is InChI=1S/C4H8.C2H6O2S/c1-4-2-3-4;1-5(2,3)4/h4H,2-3H2,1H3;1-2H3. The van der Waals surface area contributed by atoms with E-state index in [9.17, 15) is 8.42 Å². The van der Waals surface area contributed by atoms with Crippen LogP contribution in [0.4, 0.5) is 0 Å². The summed E-state index contributed by atoms with van der Waals surface area (Å²) in [5.41, 5.74) is 0. The van der Waals surface area contributed by atoms with Gasteiger partial charge in [-0.15, -0.1) is 0 Å². The van der Waals surface area contributed by atoms with E-state index in [1.807, 2.05) is 0 Å². The van der Waals surface area contributed by atoms with Crippen molar-refractivity contribution in [2.45, 2.75) is 19.8 Å². The first-order valence-corrected chi connectivity index (χ1v) is 5.34. The second kappa shape index (κ2) is 3.20. The molecule has 0 bridgehead atoms. The Morgan fingerprint density at radius 2 is 1.33 bits per heavy atom. The van der Waals surface area contributed by atoms with E-state index < -0.39 is 9.84 Å². The van der Waals surface area contributed by atoms with E-state index >= 15 is 0 Å². The van der Waals surface area contributed by atoms with Crippen molar-refractivity contribution in [3.05, 3.63) is 0 Å². The molecule has 0 radical (unpaired) electrons. The Bertz CT molecular complexity index is 146. The molecule has 0 amide bonds. The highest BCUT2D eigenvalue weighted by Crippen LogP contribution is 2.26. The molecule has 56 valence electrons. The fourth-order valence-electron chi connectivity index (χ4n) is 0.167. The summed E-state index contributed by atoms with van der Waals surface area (Å²) in [5.74, 6) is 1.08. The first-order chi connectivity index (χ1) is 3.89. The monoisotopic (exact) mass is 150 g/mol. The average molecular weight is 150 g/mol. The maximum absolute atomic E-state index is 9.63. The largest absolute Gasteiger partial charge is 0.229 e. The van der Waals surface area contributed by atoms with Crippen LogP contribution >= 0.6 is 0 Å². The van der Waals surface area contributed by atoms with Crippen molar-refractivity contribution in [1.29, 1.82) is 0 Å². The fourth-order valence-corrected chi connectivity index (χ4v) is 0.167. The number of rotatable bonds is 0. The van der Waals surface area contributed by atoms with Gasteiger partial charge in [0.1, 0.15) is 9.84 Å². The van der Waals surface area contributed by atoms with Crippen LogP contribution in [0.5, 0.6) is 0 Å². The lowest BCUT2D eigenvalue weighted by atomic mass is 10.5. The molecule has 1 saturated carbocycles. The van der Waals surface area contributed by atoms with E-state index in [4.69, 9.17) is 0 Å². The molecule has 2 nitrogen and oxygen atoms in total. The molecule has 0 aromatic rings. The molecular formula is C6H14O2S. The first kappa shape index (κ1) is 8.95. The molecule has 0 N–H and O–H groups in total. The Kier molecular flexibility index (Phi) is 3.18. The Hall–Kier alpha value is -0.0500. The van der Waals surface area contributed by atoms with Gasteiger partial charge in [-0.25, -0.2) is 8.42 Å². The summed E-state index contributed by atoms with van der Waals surface area (Å²) in [4.78, 5) is 0. The Labute approximate surface area is 57.2 Å². The third-order valence-corrected chi connectivity index (χ3v) is 0.866. The maximum Gasteiger partial charge on any atom is 0.144 e. The van der Waals surface area contributed by atoms with E-state index in [1.165, 1.54) is 12.8 Å². The fraction of sp³-hybridized carbons (Fsp3) is 1.00. The summed E-state index contributed by atoms with van der Waals surface area (Å²) < 4.78 is 19.3. The van der Waals surface area contributed by atoms with E-state index in [1.54, 1.807) is 0 Å². The number of hydrogen-bond donors (Lipinski definition) is 0. The first-order valence-electron chi connectivity index (χ1n) is 3.04. The van der Waals surface area contributed by atoms with Crippen LogP contribution in [0.3, 0.4) is 0 Å². The predicted molar refractivity (Wildman–Crippen MR) is 39.2 cm³/mol. The van der Waals surface area contributed by atoms with Crippen LogP contribution < -0.4 is 0 Å². The summed E-state index contributed by atoms with van der Waals surface area (Å²) in [5, 5.41) is 0. The van der Waals surface area contributed by atoms with Gasteiger partial charge < -0.3 is 0 Å². The Morgan fingerprint density at radius 1 is 1.22 bits per heavy atom. The smallest absolute Gasteiger partial charge is 0.144 e. The Balaban J connectivity index is 0.000000144. The molecule has 0 heterocycles. The summed E-state index contributed by atoms with van der Waals surface area (Å²) in [7, 11) is -2.67. The topological polar surface area (TPSA) is 34.1 Å². The van der Waals surface area contributed by atoms with E-state index in [0.29, 0.717) is 0 Å². The van der Waals surface area contributed by atoms with Crippen LogP contribution in [-0.4, -0.2) is 20.9 Å². The minimum atomic E-state index is -2.67. The molecule has 0 aliphatic heterocycles. The lowest BCUT2D eigenvalue weighted by molar-refractivity contribution is 0.607. The zero-order valence-electron chi connectivity index (χ0n) is 6.22. The highest BCUT2D eigenvalue weighted by atomic mass is 32.2. The molecule has 0 aromatic heterocycles. The van der Waals surface area contributed by atoms with Crippen molar-refractivity contribution in [2.24, 2.45) is 5.92 Å². The zero-order chi connectivity index (χ0) is 7.49. The predicted octanol–water partition coefficient (Wildman–Crippen LogP) is 1.08. The molecule has 0 unspecified atom stereocenters. The molecular weight excluding hydrogens is 136 g/mol. The quantitative estimate of drug-likeness (QED) is 0.518. The molecule has 0 saturated heterocycles. The van der Waals surface area contributed by atoms with E-state index in [0.717, 1.165) is 18.4 Å². The van der Waals surface area contributed by atoms with Crippen molar-refractivity contribution in [2.75, 3.05) is 12.5 Å². The molecule has 0 spiro atoms. The maximum atomic E-state index is 9.63. The lowest BCUT2D eigenvalue weighted by Crippen LogP contribution is -1.86.